The number of aliphatic hydroxyl groups is 1. The molecule has 270 valence electrons. The van der Waals surface area contributed by atoms with Crippen LogP contribution >= 0.6 is 11.8 Å². The number of benzene rings is 4. The molecule has 1 fully saturated rings. The lowest BCUT2D eigenvalue weighted by atomic mass is 10.0. The second-order valence-corrected chi connectivity index (χ2v) is 14.8. The molecule has 1 saturated heterocycles. The van der Waals surface area contributed by atoms with Gasteiger partial charge >= 0.3 is 0 Å². The van der Waals surface area contributed by atoms with Crippen LogP contribution in [0.2, 0.25) is 0 Å². The van der Waals surface area contributed by atoms with Crippen molar-refractivity contribution < 1.29 is 32.7 Å². The van der Waals surface area contributed by atoms with E-state index in [1.54, 1.807) is 19.2 Å². The van der Waals surface area contributed by atoms with Crippen LogP contribution in [0.5, 0.6) is 0 Å². The molecule has 1 aliphatic heterocycles. The predicted molar refractivity (Wildman–Crippen MR) is 197 cm³/mol. The Morgan fingerprint density at radius 1 is 1.06 bits per heavy atom. The summed E-state index contributed by atoms with van der Waals surface area (Å²) in [5, 5.41) is 24.6. The molecule has 0 aliphatic carbocycles. The Bertz CT molecular complexity index is 1860. The van der Waals surface area contributed by atoms with Crippen molar-refractivity contribution in [3.05, 3.63) is 118 Å². The van der Waals surface area contributed by atoms with Crippen molar-refractivity contribution in [1.29, 1.82) is 0 Å². The lowest BCUT2D eigenvalue weighted by Gasteiger charge is -2.31. The number of hydrogen-bond donors (Lipinski definition) is 3. The van der Waals surface area contributed by atoms with E-state index < -0.39 is 31.4 Å². The number of sulfonamides is 1. The van der Waals surface area contributed by atoms with Gasteiger partial charge in [0, 0.05) is 55.1 Å². The van der Waals surface area contributed by atoms with Crippen LogP contribution in [0.25, 0.3) is 11.1 Å². The summed E-state index contributed by atoms with van der Waals surface area (Å²) in [5.41, 5.74) is 2.79. The van der Waals surface area contributed by atoms with Crippen LogP contribution in [0.15, 0.2) is 107 Å². The van der Waals surface area contributed by atoms with Crippen LogP contribution in [0.4, 0.5) is 11.4 Å². The molecule has 0 bridgehead atoms. The van der Waals surface area contributed by atoms with Gasteiger partial charge in [-0.3, -0.25) is 19.8 Å². The summed E-state index contributed by atoms with van der Waals surface area (Å²) in [6, 6.07) is 27.4. The number of nitro benzene ring substituents is 1. The summed E-state index contributed by atoms with van der Waals surface area (Å²) >= 11 is 1.53. The lowest BCUT2D eigenvalue weighted by molar-refractivity contribution is -0.384. The average Bonchev–Trinajstić information content (AvgIpc) is 3.14. The number of carbonyl (C=O) groups is 1. The van der Waals surface area contributed by atoms with Crippen LogP contribution in [0, 0.1) is 10.1 Å². The first-order valence-corrected chi connectivity index (χ1v) is 19.1. The SMILES string of the molecule is COC1CN(CCCc2ccc(-c3ccc(C(=O)NS(=O)(=O)c4ccc(N[C@H](CCO)CSc5ccccc5)c([N+](=O)[O-])c4)cc3)cc2)CCO1. The topological polar surface area (TPSA) is 160 Å². The van der Waals surface area contributed by atoms with Crippen LogP contribution in [-0.4, -0.2) is 87.3 Å². The molecule has 3 N–H and O–H groups in total. The van der Waals surface area contributed by atoms with Gasteiger partial charge in [0.2, 0.25) is 0 Å². The zero-order valence-corrected chi connectivity index (χ0v) is 29.9. The largest absolute Gasteiger partial charge is 0.396 e. The van der Waals surface area contributed by atoms with E-state index >= 15 is 0 Å². The zero-order chi connectivity index (χ0) is 36.2. The maximum absolute atomic E-state index is 13.2. The number of thioether (sulfide) groups is 1. The molecule has 1 aliphatic rings. The summed E-state index contributed by atoms with van der Waals surface area (Å²) in [6.07, 6.45) is 2.10. The summed E-state index contributed by atoms with van der Waals surface area (Å²) in [7, 11) is -2.79. The second-order valence-electron chi connectivity index (χ2n) is 12.1. The lowest BCUT2D eigenvalue weighted by Crippen LogP contribution is -2.43. The van der Waals surface area contributed by atoms with Crippen molar-refractivity contribution >= 4 is 39.1 Å². The highest BCUT2D eigenvalue weighted by Gasteiger charge is 2.25. The van der Waals surface area contributed by atoms with Gasteiger partial charge in [-0.15, -0.1) is 11.8 Å². The molecule has 1 amide bonds. The molecule has 51 heavy (non-hydrogen) atoms. The molecule has 12 nitrogen and oxygen atoms in total. The van der Waals surface area contributed by atoms with E-state index in [-0.39, 0.29) is 30.2 Å². The van der Waals surface area contributed by atoms with Crippen molar-refractivity contribution in [2.75, 3.05) is 51.0 Å². The predicted octanol–water partition coefficient (Wildman–Crippen LogP) is 5.57. The molecule has 4 aromatic rings. The number of aryl methyl sites for hydroxylation is 1. The zero-order valence-electron chi connectivity index (χ0n) is 28.3. The van der Waals surface area contributed by atoms with Crippen molar-refractivity contribution in [3.8, 4) is 11.1 Å². The Labute approximate surface area is 302 Å². The van der Waals surface area contributed by atoms with Gasteiger partial charge in [0.1, 0.15) is 5.69 Å². The molecule has 1 unspecified atom stereocenters. The third kappa shape index (κ3) is 10.8. The first kappa shape index (κ1) is 37.9. The number of hydrogen-bond acceptors (Lipinski definition) is 11. The van der Waals surface area contributed by atoms with Crippen LogP contribution < -0.4 is 10.0 Å². The summed E-state index contributed by atoms with van der Waals surface area (Å²) in [4.78, 5) is 27.2. The maximum Gasteiger partial charge on any atom is 0.293 e. The minimum Gasteiger partial charge on any atom is -0.396 e. The number of nitro groups is 1. The van der Waals surface area contributed by atoms with Gasteiger partial charge in [-0.25, -0.2) is 13.1 Å². The fourth-order valence-corrected chi connectivity index (χ4v) is 7.66. The fourth-order valence-electron chi connectivity index (χ4n) is 5.68. The first-order chi connectivity index (χ1) is 24.6. The van der Waals surface area contributed by atoms with Gasteiger partial charge in [-0.05, 0) is 78.9 Å². The number of anilines is 1. The molecular formula is C37H42N4O8S2. The highest BCUT2D eigenvalue weighted by Crippen LogP contribution is 2.30. The van der Waals surface area contributed by atoms with Crippen LogP contribution in [-0.2, 0) is 25.9 Å². The Balaban J connectivity index is 1.18. The maximum atomic E-state index is 13.2. The Kier molecular flexibility index (Phi) is 13.6. The number of nitrogens with zero attached hydrogens (tertiary/aromatic N) is 2. The number of rotatable bonds is 17. The quantitative estimate of drug-likeness (QED) is 0.0707. The van der Waals surface area contributed by atoms with Gasteiger partial charge in [0.15, 0.2) is 6.29 Å². The van der Waals surface area contributed by atoms with Gasteiger partial charge in [0.05, 0.1) is 16.4 Å². The number of amides is 1. The van der Waals surface area contributed by atoms with E-state index in [1.165, 1.54) is 41.6 Å². The first-order valence-electron chi connectivity index (χ1n) is 16.6. The average molecular weight is 735 g/mol. The highest BCUT2D eigenvalue weighted by molar-refractivity contribution is 7.99. The number of morpholine rings is 1. The van der Waals surface area contributed by atoms with Gasteiger partial charge in [-0.1, -0.05) is 54.6 Å². The minimum absolute atomic E-state index is 0.106. The Hall–Kier alpha value is -4.31. The molecule has 0 radical (unpaired) electrons. The minimum atomic E-state index is -4.44. The highest BCUT2D eigenvalue weighted by atomic mass is 32.2. The normalized spacial score (nSPS) is 15.6. The van der Waals surface area contributed by atoms with Crippen molar-refractivity contribution in [2.45, 2.75) is 41.4 Å². The molecule has 0 saturated carbocycles. The fraction of sp³-hybridized carbons (Fsp3) is 0.324. The number of nitrogens with one attached hydrogen (secondary N) is 2. The van der Waals surface area contributed by atoms with Gasteiger partial charge in [-0.2, -0.15) is 0 Å². The Morgan fingerprint density at radius 2 is 1.76 bits per heavy atom. The number of methoxy groups -OCH3 is 1. The van der Waals surface area contributed by atoms with E-state index in [0.29, 0.717) is 18.8 Å². The van der Waals surface area contributed by atoms with Crippen molar-refractivity contribution in [1.82, 2.24) is 9.62 Å². The molecule has 5 rings (SSSR count). The second kappa shape index (κ2) is 18.3. The molecule has 2 atom stereocenters. The molecular weight excluding hydrogens is 693 g/mol. The number of ether oxygens (including phenoxy) is 2. The third-order valence-electron chi connectivity index (χ3n) is 8.49. The standard InChI is InChI=1S/C37H42N4O8S2/c1-48-36-25-40(21-23-49-36)20-5-6-27-9-11-28(12-10-27)29-13-15-30(16-14-29)37(43)39-51(46,47)33-17-18-34(35(24-33)41(44)45)38-31(19-22-42)26-50-32-7-3-2-4-8-32/h2-4,7-18,24,31,36,38,42H,5-6,19-23,25-26H2,1H3,(H,39,43)/t31-,36?/m1/s1. The van der Waals surface area contributed by atoms with Crippen LogP contribution in [0.1, 0.15) is 28.8 Å². The van der Waals surface area contributed by atoms with E-state index in [1.807, 2.05) is 47.2 Å². The van der Waals surface area contributed by atoms with Crippen molar-refractivity contribution in [3.63, 3.8) is 0 Å². The summed E-state index contributed by atoms with van der Waals surface area (Å²) < 4.78 is 39.2. The van der Waals surface area contributed by atoms with E-state index in [2.05, 4.69) is 22.3 Å². The van der Waals surface area contributed by atoms with E-state index in [0.717, 1.165) is 54.6 Å². The van der Waals surface area contributed by atoms with E-state index in [9.17, 15) is 28.4 Å². The van der Waals surface area contributed by atoms with Crippen LogP contribution in [0.3, 0.4) is 0 Å². The molecule has 1 heterocycles. The monoisotopic (exact) mass is 734 g/mol. The Morgan fingerprint density at radius 3 is 2.43 bits per heavy atom. The third-order valence-corrected chi connectivity index (χ3v) is 11.0. The smallest absolute Gasteiger partial charge is 0.293 e. The van der Waals surface area contributed by atoms with E-state index in [4.69, 9.17) is 9.47 Å². The summed E-state index contributed by atoms with van der Waals surface area (Å²) in [6.45, 7) is 3.16. The molecule has 14 heteroatoms. The van der Waals surface area contributed by atoms with Crippen molar-refractivity contribution in [2.24, 2.45) is 0 Å². The molecule has 4 aromatic carbocycles. The number of carbonyl (C=O) groups excluding carboxylic acids is 1. The van der Waals surface area contributed by atoms with Gasteiger partial charge < -0.3 is 19.9 Å². The molecule has 0 spiro atoms. The number of aliphatic hydroxyl groups excluding tert-OH is 1. The summed E-state index contributed by atoms with van der Waals surface area (Å²) in [5.74, 6) is -0.353. The molecule has 0 aromatic heterocycles. The van der Waals surface area contributed by atoms with Gasteiger partial charge in [0.25, 0.3) is 21.6 Å².